The van der Waals surface area contributed by atoms with Gasteiger partial charge in [0.15, 0.2) is 0 Å². The summed E-state index contributed by atoms with van der Waals surface area (Å²) in [7, 11) is 0. The molecule has 0 aliphatic heterocycles. The van der Waals surface area contributed by atoms with Crippen LogP contribution < -0.4 is 5.32 Å². The predicted molar refractivity (Wildman–Crippen MR) is 76.1 cm³/mol. The number of nitrogens with one attached hydrogen (secondary N) is 1. The summed E-state index contributed by atoms with van der Waals surface area (Å²) >= 11 is 3.29. The number of rotatable bonds is 3. The second kappa shape index (κ2) is 5.38. The first-order valence-electron chi connectivity index (χ1n) is 5.92. The van der Waals surface area contributed by atoms with E-state index >= 15 is 0 Å². The molecular formula is C13H10BrN5O. The van der Waals surface area contributed by atoms with Crippen molar-refractivity contribution < 1.29 is 4.79 Å². The Morgan fingerprint density at radius 3 is 2.90 bits per heavy atom. The van der Waals surface area contributed by atoms with E-state index in [1.807, 2.05) is 30.3 Å². The van der Waals surface area contributed by atoms with Crippen molar-refractivity contribution in [2.45, 2.75) is 6.54 Å². The summed E-state index contributed by atoms with van der Waals surface area (Å²) in [5, 5.41) is 6.86. The van der Waals surface area contributed by atoms with Crippen LogP contribution in [0.15, 0.2) is 47.2 Å². The lowest BCUT2D eigenvalue weighted by molar-refractivity contribution is 0.0940. The summed E-state index contributed by atoms with van der Waals surface area (Å²) < 4.78 is 2.23. The van der Waals surface area contributed by atoms with E-state index in [0.717, 1.165) is 10.0 Å². The molecule has 1 amide bonds. The van der Waals surface area contributed by atoms with Gasteiger partial charge in [-0.3, -0.25) is 4.79 Å². The van der Waals surface area contributed by atoms with Gasteiger partial charge in [-0.2, -0.15) is 4.98 Å². The van der Waals surface area contributed by atoms with Crippen LogP contribution in [0.2, 0.25) is 0 Å². The van der Waals surface area contributed by atoms with Gasteiger partial charge in [0.25, 0.3) is 11.7 Å². The van der Waals surface area contributed by atoms with Crippen LogP contribution in [0.5, 0.6) is 0 Å². The van der Waals surface area contributed by atoms with Crippen LogP contribution in [0.25, 0.3) is 5.78 Å². The molecule has 1 aromatic carbocycles. The van der Waals surface area contributed by atoms with Crippen molar-refractivity contribution in [1.82, 2.24) is 24.9 Å². The fraction of sp³-hybridized carbons (Fsp3) is 0.0769. The molecule has 0 spiro atoms. The van der Waals surface area contributed by atoms with Crippen molar-refractivity contribution in [1.29, 1.82) is 0 Å². The Kier molecular flexibility index (Phi) is 3.42. The van der Waals surface area contributed by atoms with Gasteiger partial charge < -0.3 is 5.32 Å². The first-order chi connectivity index (χ1) is 9.72. The Morgan fingerprint density at radius 1 is 1.30 bits per heavy atom. The Hall–Kier alpha value is -2.28. The van der Waals surface area contributed by atoms with E-state index < -0.39 is 0 Å². The molecule has 0 saturated heterocycles. The largest absolute Gasteiger partial charge is 0.345 e. The van der Waals surface area contributed by atoms with Gasteiger partial charge in [0.1, 0.15) is 0 Å². The maximum Gasteiger partial charge on any atom is 0.291 e. The van der Waals surface area contributed by atoms with E-state index in [9.17, 15) is 4.79 Å². The molecule has 0 aliphatic carbocycles. The van der Waals surface area contributed by atoms with Crippen LogP contribution in [0, 0.1) is 0 Å². The molecular weight excluding hydrogens is 322 g/mol. The molecule has 7 heteroatoms. The van der Waals surface area contributed by atoms with Gasteiger partial charge in [0.2, 0.25) is 5.82 Å². The van der Waals surface area contributed by atoms with Crippen molar-refractivity contribution in [3.05, 3.63) is 58.6 Å². The average molecular weight is 332 g/mol. The van der Waals surface area contributed by atoms with E-state index in [1.165, 1.54) is 4.52 Å². The lowest BCUT2D eigenvalue weighted by Gasteiger charge is -2.01. The Bertz CT molecular complexity index is 756. The number of carbonyl (C=O) groups is 1. The number of hydrogen-bond acceptors (Lipinski definition) is 4. The van der Waals surface area contributed by atoms with Crippen LogP contribution in [0.3, 0.4) is 0 Å². The third-order valence-corrected chi connectivity index (χ3v) is 3.07. The smallest absolute Gasteiger partial charge is 0.291 e. The maximum absolute atomic E-state index is 12.0. The molecule has 2 aromatic heterocycles. The van der Waals surface area contributed by atoms with Crippen LogP contribution >= 0.6 is 15.9 Å². The van der Waals surface area contributed by atoms with Gasteiger partial charge >= 0.3 is 0 Å². The summed E-state index contributed by atoms with van der Waals surface area (Å²) in [5.41, 5.74) is 1.02. The second-order valence-electron chi connectivity index (χ2n) is 4.12. The van der Waals surface area contributed by atoms with E-state index in [2.05, 4.69) is 36.3 Å². The minimum atomic E-state index is -0.324. The zero-order chi connectivity index (χ0) is 13.9. The fourth-order valence-corrected chi connectivity index (χ4v) is 2.01. The first kappa shape index (κ1) is 12.7. The number of nitrogens with zero attached hydrogens (tertiary/aromatic N) is 4. The van der Waals surface area contributed by atoms with Crippen LogP contribution in [-0.4, -0.2) is 25.5 Å². The molecule has 0 bridgehead atoms. The standard InChI is InChI=1S/C13H10BrN5O/c14-10-7-16-13-17-11(18-19(13)8-10)12(20)15-6-9-4-2-1-3-5-9/h1-5,7-8H,6H2,(H,15,20). The van der Waals surface area contributed by atoms with Gasteiger partial charge in [-0.25, -0.2) is 9.50 Å². The number of aromatic nitrogens is 4. The zero-order valence-electron chi connectivity index (χ0n) is 10.3. The summed E-state index contributed by atoms with van der Waals surface area (Å²) in [5.74, 6) is 0.167. The highest BCUT2D eigenvalue weighted by Gasteiger charge is 2.13. The molecule has 20 heavy (non-hydrogen) atoms. The topological polar surface area (TPSA) is 72.2 Å². The normalized spacial score (nSPS) is 10.7. The predicted octanol–water partition coefficient (Wildman–Crippen LogP) is 1.82. The number of halogens is 1. The molecule has 1 N–H and O–H groups in total. The quantitative estimate of drug-likeness (QED) is 0.794. The van der Waals surface area contributed by atoms with Crippen LogP contribution in [0.4, 0.5) is 0 Å². The van der Waals surface area contributed by atoms with Gasteiger partial charge in [-0.15, -0.1) is 5.10 Å². The summed E-state index contributed by atoms with van der Waals surface area (Å²) in [6.45, 7) is 0.437. The number of carbonyl (C=O) groups excluding carboxylic acids is 1. The third-order valence-electron chi connectivity index (χ3n) is 2.66. The van der Waals surface area contributed by atoms with E-state index in [4.69, 9.17) is 0 Å². The van der Waals surface area contributed by atoms with Crippen molar-refractivity contribution in [2.24, 2.45) is 0 Å². The van der Waals surface area contributed by atoms with Crippen LogP contribution in [0.1, 0.15) is 16.2 Å². The average Bonchev–Trinajstić information content (AvgIpc) is 2.89. The molecule has 0 fully saturated rings. The molecule has 6 nitrogen and oxygen atoms in total. The van der Waals surface area contributed by atoms with Gasteiger partial charge in [-0.1, -0.05) is 30.3 Å². The molecule has 0 radical (unpaired) electrons. The van der Waals surface area contributed by atoms with Crippen molar-refractivity contribution in [3.63, 3.8) is 0 Å². The summed E-state index contributed by atoms with van der Waals surface area (Å²) in [6.07, 6.45) is 3.30. The highest BCUT2D eigenvalue weighted by molar-refractivity contribution is 9.10. The molecule has 3 rings (SSSR count). The molecule has 0 atom stereocenters. The lowest BCUT2D eigenvalue weighted by atomic mass is 10.2. The summed E-state index contributed by atoms with van der Waals surface area (Å²) in [6, 6.07) is 9.66. The zero-order valence-corrected chi connectivity index (χ0v) is 11.9. The minimum absolute atomic E-state index is 0.103. The molecule has 0 aliphatic rings. The highest BCUT2D eigenvalue weighted by Crippen LogP contribution is 2.07. The number of hydrogen-bond donors (Lipinski definition) is 1. The number of fused-ring (bicyclic) bond motifs is 1. The van der Waals surface area contributed by atoms with Crippen molar-refractivity contribution >= 4 is 27.6 Å². The number of benzene rings is 1. The molecule has 3 aromatic rings. The molecule has 2 heterocycles. The molecule has 0 saturated carbocycles. The van der Waals surface area contributed by atoms with Crippen molar-refractivity contribution in [2.75, 3.05) is 0 Å². The van der Waals surface area contributed by atoms with E-state index in [-0.39, 0.29) is 11.7 Å². The Labute approximate surface area is 123 Å². The fourth-order valence-electron chi connectivity index (χ4n) is 1.71. The molecule has 0 unspecified atom stereocenters. The van der Waals surface area contributed by atoms with Crippen molar-refractivity contribution in [3.8, 4) is 0 Å². The van der Waals surface area contributed by atoms with Gasteiger partial charge in [-0.05, 0) is 21.5 Å². The second-order valence-corrected chi connectivity index (χ2v) is 5.04. The Morgan fingerprint density at radius 2 is 2.10 bits per heavy atom. The number of amides is 1. The highest BCUT2D eigenvalue weighted by atomic mass is 79.9. The van der Waals surface area contributed by atoms with Gasteiger partial charge in [0.05, 0.1) is 4.47 Å². The first-order valence-corrected chi connectivity index (χ1v) is 6.72. The minimum Gasteiger partial charge on any atom is -0.345 e. The van der Waals surface area contributed by atoms with E-state index in [0.29, 0.717) is 12.3 Å². The monoisotopic (exact) mass is 331 g/mol. The van der Waals surface area contributed by atoms with Crippen LogP contribution in [-0.2, 0) is 6.54 Å². The SMILES string of the molecule is O=C(NCc1ccccc1)c1nc2ncc(Br)cn2n1. The summed E-state index contributed by atoms with van der Waals surface area (Å²) in [4.78, 5) is 20.1. The lowest BCUT2D eigenvalue weighted by Crippen LogP contribution is -2.24. The van der Waals surface area contributed by atoms with E-state index in [1.54, 1.807) is 12.4 Å². The Balaban J connectivity index is 1.75. The third kappa shape index (κ3) is 2.67. The molecule has 100 valence electrons. The van der Waals surface area contributed by atoms with Gasteiger partial charge in [0, 0.05) is 18.9 Å². The maximum atomic E-state index is 12.0.